The molecule has 4 fully saturated rings. The highest BCUT2D eigenvalue weighted by Gasteiger charge is 2.54. The van der Waals surface area contributed by atoms with E-state index < -0.39 is 5.72 Å². The Morgan fingerprint density at radius 1 is 1.05 bits per heavy atom. The van der Waals surface area contributed by atoms with Crippen LogP contribution >= 0.6 is 0 Å². The number of rotatable bonds is 5. The lowest BCUT2D eigenvalue weighted by molar-refractivity contribution is -0.133. The van der Waals surface area contributed by atoms with Gasteiger partial charge in [0, 0.05) is 5.92 Å². The van der Waals surface area contributed by atoms with Crippen LogP contribution in [0, 0.1) is 35.5 Å². The van der Waals surface area contributed by atoms with Crippen molar-refractivity contribution in [3.05, 3.63) is 0 Å². The van der Waals surface area contributed by atoms with Crippen molar-refractivity contribution >= 4 is 0 Å². The van der Waals surface area contributed by atoms with Crippen molar-refractivity contribution in [3.63, 3.8) is 0 Å². The quantitative estimate of drug-likeness (QED) is 0.750. The smallest absolute Gasteiger partial charge is 0.176 e. The van der Waals surface area contributed by atoms with E-state index in [9.17, 15) is 5.11 Å². The van der Waals surface area contributed by atoms with Crippen molar-refractivity contribution in [2.24, 2.45) is 45.7 Å². The van der Waals surface area contributed by atoms with Gasteiger partial charge in [-0.2, -0.15) is 10.2 Å². The molecule has 0 aromatic rings. The van der Waals surface area contributed by atoms with E-state index in [1.165, 1.54) is 32.1 Å². The Morgan fingerprint density at radius 3 is 2.10 bits per heavy atom. The third-order valence-corrected chi connectivity index (χ3v) is 5.94. The van der Waals surface area contributed by atoms with Crippen LogP contribution in [0.25, 0.3) is 0 Å². The lowest BCUT2D eigenvalue weighted by Crippen LogP contribution is -2.53. The molecule has 0 saturated heterocycles. The lowest BCUT2D eigenvalue weighted by Gasteiger charge is -2.56. The highest BCUT2D eigenvalue weighted by Crippen LogP contribution is 2.59. The number of aliphatic hydroxyl groups is 1. The van der Waals surface area contributed by atoms with Crippen molar-refractivity contribution in [2.45, 2.75) is 65.0 Å². The van der Waals surface area contributed by atoms with E-state index in [0.717, 1.165) is 24.8 Å². The van der Waals surface area contributed by atoms with Gasteiger partial charge in [-0.05, 0) is 75.0 Å². The molecule has 1 atom stereocenters. The number of hydrogen-bond donors (Lipinski definition) is 1. The van der Waals surface area contributed by atoms with Crippen LogP contribution in [0.5, 0.6) is 0 Å². The first-order valence-electron chi connectivity index (χ1n) is 8.56. The summed E-state index contributed by atoms with van der Waals surface area (Å²) in [6.07, 6.45) is 7.83. The molecule has 0 radical (unpaired) electrons. The van der Waals surface area contributed by atoms with E-state index >= 15 is 0 Å². The van der Waals surface area contributed by atoms with E-state index in [0.29, 0.717) is 23.7 Å². The molecule has 4 rings (SSSR count). The zero-order chi connectivity index (χ0) is 14.3. The molecule has 4 bridgehead atoms. The minimum atomic E-state index is -0.931. The molecule has 0 heterocycles. The summed E-state index contributed by atoms with van der Waals surface area (Å²) in [5.41, 5.74) is -0.931. The van der Waals surface area contributed by atoms with Crippen molar-refractivity contribution in [2.75, 3.05) is 6.54 Å². The number of hydrogen-bond acceptors (Lipinski definition) is 3. The maximum atomic E-state index is 10.9. The Kier molecular flexibility index (Phi) is 3.91. The lowest BCUT2D eigenvalue weighted by atomic mass is 9.50. The Bertz CT molecular complexity index is 347. The van der Waals surface area contributed by atoms with Crippen LogP contribution in [0.4, 0.5) is 0 Å². The average molecular weight is 278 g/mol. The second kappa shape index (κ2) is 5.40. The summed E-state index contributed by atoms with van der Waals surface area (Å²) in [6.45, 7) is 7.05. The van der Waals surface area contributed by atoms with Crippen molar-refractivity contribution in [1.82, 2.24) is 0 Å². The molecule has 1 unspecified atom stereocenters. The minimum absolute atomic E-state index is 0.359. The van der Waals surface area contributed by atoms with Gasteiger partial charge in [-0.25, -0.2) is 0 Å². The molecular formula is C17H30N2O. The Balaban J connectivity index is 1.65. The predicted octanol–water partition coefficient (Wildman–Crippen LogP) is 4.27. The summed E-state index contributed by atoms with van der Waals surface area (Å²) in [5, 5.41) is 19.5. The number of azo groups is 1. The van der Waals surface area contributed by atoms with Crippen LogP contribution in [0.2, 0.25) is 0 Å². The molecule has 0 aliphatic heterocycles. The van der Waals surface area contributed by atoms with Crippen LogP contribution in [0.3, 0.4) is 0 Å². The zero-order valence-electron chi connectivity index (χ0n) is 13.3. The summed E-state index contributed by atoms with van der Waals surface area (Å²) in [7, 11) is 0. The fourth-order valence-corrected chi connectivity index (χ4v) is 5.39. The van der Waals surface area contributed by atoms with Crippen molar-refractivity contribution in [1.29, 1.82) is 0 Å². The molecule has 114 valence electrons. The Morgan fingerprint density at radius 2 is 1.60 bits per heavy atom. The summed E-state index contributed by atoms with van der Waals surface area (Å²) in [6, 6.07) is 0. The van der Waals surface area contributed by atoms with E-state index in [-0.39, 0.29) is 0 Å². The fraction of sp³-hybridized carbons (Fsp3) is 1.00. The molecule has 20 heavy (non-hydrogen) atoms. The van der Waals surface area contributed by atoms with Gasteiger partial charge < -0.3 is 5.11 Å². The highest BCUT2D eigenvalue weighted by molar-refractivity contribution is 5.02. The van der Waals surface area contributed by atoms with Gasteiger partial charge in [0.1, 0.15) is 0 Å². The molecule has 1 N–H and O–H groups in total. The fourth-order valence-electron chi connectivity index (χ4n) is 5.39. The Labute approximate surface area is 123 Å². The van der Waals surface area contributed by atoms with Gasteiger partial charge in [0.25, 0.3) is 0 Å². The maximum absolute atomic E-state index is 10.9. The van der Waals surface area contributed by atoms with Crippen LogP contribution in [0.15, 0.2) is 10.2 Å². The monoisotopic (exact) mass is 278 g/mol. The van der Waals surface area contributed by atoms with Gasteiger partial charge in [-0.15, -0.1) is 0 Å². The predicted molar refractivity (Wildman–Crippen MR) is 80.3 cm³/mol. The van der Waals surface area contributed by atoms with Crippen LogP contribution in [-0.2, 0) is 0 Å². The molecule has 0 amide bonds. The first-order chi connectivity index (χ1) is 9.45. The van der Waals surface area contributed by atoms with E-state index in [1.807, 2.05) is 6.92 Å². The Hall–Kier alpha value is -0.440. The summed E-state index contributed by atoms with van der Waals surface area (Å²) in [4.78, 5) is 0. The van der Waals surface area contributed by atoms with Crippen LogP contribution < -0.4 is 0 Å². The van der Waals surface area contributed by atoms with Gasteiger partial charge in [0.2, 0.25) is 0 Å². The second-order valence-electron chi connectivity index (χ2n) is 8.20. The average Bonchev–Trinajstić information content (AvgIpc) is 2.32. The zero-order valence-corrected chi connectivity index (χ0v) is 13.3. The van der Waals surface area contributed by atoms with Crippen molar-refractivity contribution in [3.8, 4) is 0 Å². The van der Waals surface area contributed by atoms with E-state index in [4.69, 9.17) is 0 Å². The molecule has 0 spiro atoms. The van der Waals surface area contributed by atoms with Crippen LogP contribution in [0.1, 0.15) is 59.3 Å². The van der Waals surface area contributed by atoms with Gasteiger partial charge in [0.15, 0.2) is 5.72 Å². The van der Waals surface area contributed by atoms with E-state index in [2.05, 4.69) is 24.1 Å². The maximum Gasteiger partial charge on any atom is 0.176 e. The van der Waals surface area contributed by atoms with Gasteiger partial charge >= 0.3 is 0 Å². The first-order valence-corrected chi connectivity index (χ1v) is 8.56. The standard InChI is InChI=1S/C17H30N2O/c1-11(2)4-5-18-19-17(3,20)16-14-7-12-6-13(9-14)10-15(16)8-12/h11-16,20H,4-10H2,1-3H3. The molecular weight excluding hydrogens is 248 g/mol. The molecule has 0 aromatic carbocycles. The second-order valence-corrected chi connectivity index (χ2v) is 8.20. The third-order valence-electron chi connectivity index (χ3n) is 5.94. The van der Waals surface area contributed by atoms with Gasteiger partial charge in [-0.1, -0.05) is 13.8 Å². The SMILES string of the molecule is CC(C)CCN=NC(C)(O)C1C2CC3CC(C2)CC1C3. The largest absolute Gasteiger partial charge is 0.368 e. The van der Waals surface area contributed by atoms with E-state index in [1.54, 1.807) is 0 Å². The summed E-state index contributed by atoms with van der Waals surface area (Å²) >= 11 is 0. The van der Waals surface area contributed by atoms with Gasteiger partial charge in [0.05, 0.1) is 6.54 Å². The van der Waals surface area contributed by atoms with Crippen molar-refractivity contribution < 1.29 is 5.11 Å². The summed E-state index contributed by atoms with van der Waals surface area (Å²) in [5.74, 6) is 4.30. The molecule has 4 aliphatic carbocycles. The minimum Gasteiger partial charge on any atom is -0.368 e. The summed E-state index contributed by atoms with van der Waals surface area (Å²) < 4.78 is 0. The third kappa shape index (κ3) is 2.79. The topological polar surface area (TPSA) is 45.0 Å². The number of nitrogens with zero attached hydrogens (tertiary/aromatic N) is 2. The highest BCUT2D eigenvalue weighted by atomic mass is 16.3. The molecule has 4 aliphatic rings. The van der Waals surface area contributed by atoms with Gasteiger partial charge in [-0.3, -0.25) is 0 Å². The molecule has 3 nitrogen and oxygen atoms in total. The van der Waals surface area contributed by atoms with Crippen LogP contribution in [-0.4, -0.2) is 17.4 Å². The molecule has 4 saturated carbocycles. The molecule has 3 heteroatoms. The first kappa shape index (κ1) is 14.5. The normalized spacial score (nSPS) is 42.5. The molecule has 0 aromatic heterocycles.